The minimum atomic E-state index is -3.71. The molecule has 0 unspecified atom stereocenters. The number of methoxy groups -OCH3 is 2. The lowest BCUT2D eigenvalue weighted by molar-refractivity contribution is -0.114. The molecule has 150 valence electrons. The molecule has 2 aromatic rings. The molecule has 0 aromatic heterocycles. The summed E-state index contributed by atoms with van der Waals surface area (Å²) >= 11 is 0. The Balaban J connectivity index is 2.27. The van der Waals surface area contributed by atoms with Gasteiger partial charge in [0, 0.05) is 0 Å². The molecule has 0 saturated carbocycles. The number of nitrogens with one attached hydrogen (secondary N) is 1. The quantitative estimate of drug-likeness (QED) is 0.675. The molecule has 1 amide bonds. The van der Waals surface area contributed by atoms with Crippen LogP contribution in [0.15, 0.2) is 48.5 Å². The number of hydrogen-bond donors (Lipinski definition) is 1. The molecule has 0 saturated heterocycles. The maximum Gasteiger partial charge on any atom is 0.339 e. The lowest BCUT2D eigenvalue weighted by Gasteiger charge is -2.23. The van der Waals surface area contributed by atoms with E-state index in [2.05, 4.69) is 5.32 Å². The topological polar surface area (TPSA) is 102 Å². The smallest absolute Gasteiger partial charge is 0.339 e. The van der Waals surface area contributed by atoms with E-state index >= 15 is 0 Å². The molecule has 0 atom stereocenters. The fraction of sp³-hybridized carbons (Fsp3) is 0.263. The number of hydrogen-bond acceptors (Lipinski definition) is 6. The van der Waals surface area contributed by atoms with Gasteiger partial charge in [0.2, 0.25) is 15.9 Å². The van der Waals surface area contributed by atoms with Crippen molar-refractivity contribution in [3.8, 4) is 5.75 Å². The molecule has 28 heavy (non-hydrogen) atoms. The van der Waals surface area contributed by atoms with Crippen LogP contribution >= 0.6 is 0 Å². The van der Waals surface area contributed by atoms with Gasteiger partial charge in [0.15, 0.2) is 0 Å². The number of sulfonamides is 1. The van der Waals surface area contributed by atoms with Crippen LogP contribution < -0.4 is 14.4 Å². The fourth-order valence-electron chi connectivity index (χ4n) is 2.45. The van der Waals surface area contributed by atoms with E-state index in [-0.39, 0.29) is 17.0 Å². The van der Waals surface area contributed by atoms with Crippen LogP contribution in [0.3, 0.4) is 0 Å². The molecule has 1 N–H and O–H groups in total. The third kappa shape index (κ3) is 5.01. The van der Waals surface area contributed by atoms with E-state index in [4.69, 9.17) is 9.47 Å². The van der Waals surface area contributed by atoms with Crippen molar-refractivity contribution in [1.82, 2.24) is 0 Å². The van der Waals surface area contributed by atoms with Crippen LogP contribution in [0.5, 0.6) is 5.75 Å². The number of carbonyl (C=O) groups excluding carboxylic acids is 2. The Labute approximate surface area is 164 Å². The monoisotopic (exact) mass is 406 g/mol. The SMILES string of the molecule is CCS(=O)(=O)N(CC(=O)Nc1ccccc1C(=O)OC)c1ccc(OC)cc1. The van der Waals surface area contributed by atoms with Gasteiger partial charge in [-0.1, -0.05) is 12.1 Å². The highest BCUT2D eigenvalue weighted by molar-refractivity contribution is 7.92. The van der Waals surface area contributed by atoms with Crippen molar-refractivity contribution in [3.05, 3.63) is 54.1 Å². The number of rotatable bonds is 8. The molecule has 0 heterocycles. The van der Waals surface area contributed by atoms with Crippen LogP contribution in [0.1, 0.15) is 17.3 Å². The Morgan fingerprint density at radius 2 is 1.68 bits per heavy atom. The van der Waals surface area contributed by atoms with E-state index in [0.717, 1.165) is 4.31 Å². The van der Waals surface area contributed by atoms with Crippen LogP contribution in [-0.2, 0) is 19.6 Å². The summed E-state index contributed by atoms with van der Waals surface area (Å²) in [4.78, 5) is 24.4. The van der Waals surface area contributed by atoms with Crippen molar-refractivity contribution in [2.45, 2.75) is 6.92 Å². The summed E-state index contributed by atoms with van der Waals surface area (Å²) in [5.74, 6) is -0.812. The van der Waals surface area contributed by atoms with Crippen molar-refractivity contribution in [3.63, 3.8) is 0 Å². The van der Waals surface area contributed by atoms with E-state index < -0.39 is 28.4 Å². The van der Waals surface area contributed by atoms with Crippen molar-refractivity contribution in [2.75, 3.05) is 36.1 Å². The van der Waals surface area contributed by atoms with E-state index in [1.54, 1.807) is 36.4 Å². The molecule has 0 bridgehead atoms. The molecular formula is C19H22N2O6S. The zero-order valence-electron chi connectivity index (χ0n) is 15.8. The number of esters is 1. The van der Waals surface area contributed by atoms with Gasteiger partial charge in [0.1, 0.15) is 12.3 Å². The summed E-state index contributed by atoms with van der Waals surface area (Å²) in [6.07, 6.45) is 0. The maximum atomic E-state index is 12.6. The van der Waals surface area contributed by atoms with Crippen LogP contribution in [0, 0.1) is 0 Å². The van der Waals surface area contributed by atoms with Crippen molar-refractivity contribution < 1.29 is 27.5 Å². The average molecular weight is 406 g/mol. The second kappa shape index (κ2) is 9.23. The van der Waals surface area contributed by atoms with Crippen molar-refractivity contribution >= 4 is 33.3 Å². The van der Waals surface area contributed by atoms with Crippen LogP contribution in [0.4, 0.5) is 11.4 Å². The number of anilines is 2. The van der Waals surface area contributed by atoms with Crippen LogP contribution in [0.25, 0.3) is 0 Å². The number of carbonyl (C=O) groups is 2. The van der Waals surface area contributed by atoms with Crippen molar-refractivity contribution in [2.24, 2.45) is 0 Å². The van der Waals surface area contributed by atoms with E-state index in [1.165, 1.54) is 33.3 Å². The Bertz CT molecular complexity index is 941. The molecule has 0 aliphatic rings. The Morgan fingerprint density at radius 3 is 2.25 bits per heavy atom. The summed E-state index contributed by atoms with van der Waals surface area (Å²) in [6.45, 7) is 1.05. The summed E-state index contributed by atoms with van der Waals surface area (Å²) in [7, 11) is -0.973. The highest BCUT2D eigenvalue weighted by Gasteiger charge is 2.24. The molecule has 0 radical (unpaired) electrons. The van der Waals surface area contributed by atoms with E-state index in [9.17, 15) is 18.0 Å². The average Bonchev–Trinajstić information content (AvgIpc) is 2.71. The normalized spacial score (nSPS) is 10.8. The molecule has 2 rings (SSSR count). The predicted molar refractivity (Wildman–Crippen MR) is 106 cm³/mol. The zero-order valence-corrected chi connectivity index (χ0v) is 16.7. The number of amides is 1. The zero-order chi connectivity index (χ0) is 20.7. The molecule has 0 aliphatic heterocycles. The summed E-state index contributed by atoms with van der Waals surface area (Å²) in [6, 6.07) is 12.7. The van der Waals surface area contributed by atoms with Gasteiger partial charge in [-0.05, 0) is 43.3 Å². The van der Waals surface area contributed by atoms with Gasteiger partial charge in [-0.2, -0.15) is 0 Å². The summed E-state index contributed by atoms with van der Waals surface area (Å²) in [5.41, 5.74) is 0.745. The largest absolute Gasteiger partial charge is 0.497 e. The summed E-state index contributed by atoms with van der Waals surface area (Å²) in [5, 5.41) is 2.57. The van der Waals surface area contributed by atoms with Gasteiger partial charge >= 0.3 is 5.97 Å². The van der Waals surface area contributed by atoms with Gasteiger partial charge in [-0.3, -0.25) is 9.10 Å². The third-order valence-electron chi connectivity index (χ3n) is 3.95. The Hall–Kier alpha value is -3.07. The highest BCUT2D eigenvalue weighted by Crippen LogP contribution is 2.23. The van der Waals surface area contributed by atoms with Crippen LogP contribution in [0.2, 0.25) is 0 Å². The van der Waals surface area contributed by atoms with E-state index in [0.29, 0.717) is 11.4 Å². The summed E-state index contributed by atoms with van der Waals surface area (Å²) < 4.78 is 35.8. The second-order valence-corrected chi connectivity index (χ2v) is 7.87. The van der Waals surface area contributed by atoms with Crippen LogP contribution in [-0.4, -0.2) is 46.8 Å². The first kappa shape index (κ1) is 21.2. The Kier molecular flexibility index (Phi) is 7.00. The van der Waals surface area contributed by atoms with Gasteiger partial charge < -0.3 is 14.8 Å². The number of ether oxygens (including phenoxy) is 2. The highest BCUT2D eigenvalue weighted by atomic mass is 32.2. The maximum absolute atomic E-state index is 12.6. The first-order valence-corrected chi connectivity index (χ1v) is 10.0. The van der Waals surface area contributed by atoms with Gasteiger partial charge in [0.25, 0.3) is 0 Å². The third-order valence-corrected chi connectivity index (χ3v) is 5.70. The molecule has 0 fully saturated rings. The minimum absolute atomic E-state index is 0.174. The second-order valence-electron chi connectivity index (χ2n) is 5.69. The molecule has 2 aromatic carbocycles. The Morgan fingerprint density at radius 1 is 1.04 bits per heavy atom. The van der Waals surface area contributed by atoms with E-state index in [1.807, 2.05) is 0 Å². The first-order chi connectivity index (χ1) is 13.3. The molecule has 8 nitrogen and oxygen atoms in total. The molecule has 9 heteroatoms. The van der Waals surface area contributed by atoms with Gasteiger partial charge in [0.05, 0.1) is 36.9 Å². The number of para-hydroxylation sites is 1. The number of benzene rings is 2. The molecular weight excluding hydrogens is 384 g/mol. The molecule has 0 aliphatic carbocycles. The van der Waals surface area contributed by atoms with Gasteiger partial charge in [-0.15, -0.1) is 0 Å². The standard InChI is InChI=1S/C19H22N2O6S/c1-4-28(24,25)21(14-9-11-15(26-2)12-10-14)13-18(22)20-17-8-6-5-7-16(17)19(23)27-3/h5-12H,4,13H2,1-3H3,(H,20,22). The fourth-order valence-corrected chi connectivity index (χ4v) is 3.52. The van der Waals surface area contributed by atoms with Gasteiger partial charge in [-0.25, -0.2) is 13.2 Å². The first-order valence-electron chi connectivity index (χ1n) is 8.44. The van der Waals surface area contributed by atoms with Crippen molar-refractivity contribution in [1.29, 1.82) is 0 Å². The number of nitrogens with zero attached hydrogens (tertiary/aromatic N) is 1. The lowest BCUT2D eigenvalue weighted by atomic mass is 10.2. The predicted octanol–water partition coefficient (Wildman–Crippen LogP) is 2.28. The lowest BCUT2D eigenvalue weighted by Crippen LogP contribution is -2.39. The molecule has 0 spiro atoms. The minimum Gasteiger partial charge on any atom is -0.497 e.